The second-order valence-corrected chi connectivity index (χ2v) is 4.20. The van der Waals surface area contributed by atoms with Crippen molar-refractivity contribution in [3.8, 4) is 11.1 Å². The zero-order valence-electron chi connectivity index (χ0n) is 10.7. The second kappa shape index (κ2) is 5.60. The number of ether oxygens (including phenoxy) is 1. The lowest BCUT2D eigenvalue weighted by Gasteiger charge is -2.09. The van der Waals surface area contributed by atoms with Crippen LogP contribution in [0, 0.1) is 6.92 Å². The first-order valence-electron chi connectivity index (χ1n) is 5.88. The van der Waals surface area contributed by atoms with E-state index in [1.54, 1.807) is 13.3 Å². The lowest BCUT2D eigenvalue weighted by atomic mass is 10.0. The van der Waals surface area contributed by atoms with Gasteiger partial charge in [-0.25, -0.2) is 9.97 Å². The van der Waals surface area contributed by atoms with E-state index in [2.05, 4.69) is 41.2 Å². The van der Waals surface area contributed by atoms with E-state index in [1.165, 1.54) is 5.56 Å². The van der Waals surface area contributed by atoms with Gasteiger partial charge in [0.2, 0.25) is 5.95 Å². The zero-order chi connectivity index (χ0) is 13.0. The van der Waals surface area contributed by atoms with Crippen molar-refractivity contribution in [2.45, 2.75) is 13.3 Å². The van der Waals surface area contributed by atoms with E-state index in [0.29, 0.717) is 12.6 Å². The summed E-state index contributed by atoms with van der Waals surface area (Å²) in [7, 11) is 1.68. The number of aryl methyl sites for hydroxylation is 1. The highest BCUT2D eigenvalue weighted by Crippen LogP contribution is 2.23. The first-order chi connectivity index (χ1) is 8.70. The number of anilines is 1. The minimum Gasteiger partial charge on any atom is -0.384 e. The third-order valence-corrected chi connectivity index (χ3v) is 2.79. The lowest BCUT2D eigenvalue weighted by Crippen LogP contribution is -2.04. The minimum absolute atomic E-state index is 0.303. The Morgan fingerprint density at radius 3 is 2.61 bits per heavy atom. The number of hydrogen-bond donors (Lipinski definition) is 1. The average molecular weight is 243 g/mol. The SMILES string of the molecule is COCCc1nc(N)ncc1-c1ccc(C)cc1. The lowest BCUT2D eigenvalue weighted by molar-refractivity contribution is 0.201. The Labute approximate surface area is 107 Å². The van der Waals surface area contributed by atoms with Gasteiger partial charge < -0.3 is 10.5 Å². The third kappa shape index (κ3) is 2.84. The number of nitrogen functional groups attached to an aromatic ring is 1. The molecule has 2 N–H and O–H groups in total. The molecule has 4 nitrogen and oxygen atoms in total. The summed E-state index contributed by atoms with van der Waals surface area (Å²) in [6.07, 6.45) is 2.50. The van der Waals surface area contributed by atoms with E-state index in [4.69, 9.17) is 10.5 Å². The van der Waals surface area contributed by atoms with Crippen LogP contribution in [0.4, 0.5) is 5.95 Å². The van der Waals surface area contributed by atoms with Gasteiger partial charge in [0.25, 0.3) is 0 Å². The topological polar surface area (TPSA) is 61.0 Å². The molecule has 0 spiro atoms. The van der Waals surface area contributed by atoms with Crippen molar-refractivity contribution in [1.82, 2.24) is 9.97 Å². The number of benzene rings is 1. The van der Waals surface area contributed by atoms with Crippen LogP contribution in [0.15, 0.2) is 30.5 Å². The van der Waals surface area contributed by atoms with Crippen molar-refractivity contribution < 1.29 is 4.74 Å². The van der Waals surface area contributed by atoms with Crippen LogP contribution in [-0.4, -0.2) is 23.7 Å². The van der Waals surface area contributed by atoms with Crippen molar-refractivity contribution in [2.75, 3.05) is 19.5 Å². The Kier molecular flexibility index (Phi) is 3.89. The van der Waals surface area contributed by atoms with Gasteiger partial charge in [-0.05, 0) is 12.5 Å². The third-order valence-electron chi connectivity index (χ3n) is 2.79. The number of nitrogens with two attached hydrogens (primary N) is 1. The molecule has 0 aliphatic carbocycles. The molecule has 18 heavy (non-hydrogen) atoms. The summed E-state index contributed by atoms with van der Waals surface area (Å²) in [5.41, 5.74) is 9.91. The molecule has 0 unspecified atom stereocenters. The van der Waals surface area contributed by atoms with Crippen LogP contribution >= 0.6 is 0 Å². The summed E-state index contributed by atoms with van der Waals surface area (Å²) in [6.45, 7) is 2.68. The molecule has 2 rings (SSSR count). The van der Waals surface area contributed by atoms with Crippen LogP contribution < -0.4 is 5.73 Å². The molecular weight excluding hydrogens is 226 g/mol. The summed E-state index contributed by atoms with van der Waals surface area (Å²) in [5, 5.41) is 0. The van der Waals surface area contributed by atoms with Gasteiger partial charge in [-0.1, -0.05) is 29.8 Å². The molecule has 1 aromatic heterocycles. The van der Waals surface area contributed by atoms with Gasteiger partial charge in [-0.3, -0.25) is 0 Å². The fourth-order valence-corrected chi connectivity index (χ4v) is 1.80. The van der Waals surface area contributed by atoms with E-state index < -0.39 is 0 Å². The van der Waals surface area contributed by atoms with Gasteiger partial charge in [0.05, 0.1) is 12.3 Å². The Balaban J connectivity index is 2.39. The Morgan fingerprint density at radius 1 is 1.22 bits per heavy atom. The molecular formula is C14H17N3O. The molecule has 1 heterocycles. The summed E-state index contributed by atoms with van der Waals surface area (Å²) in [4.78, 5) is 8.37. The largest absolute Gasteiger partial charge is 0.384 e. The molecule has 0 amide bonds. The fraction of sp³-hybridized carbons (Fsp3) is 0.286. The molecule has 94 valence electrons. The van der Waals surface area contributed by atoms with Crippen LogP contribution in [0.25, 0.3) is 11.1 Å². The van der Waals surface area contributed by atoms with E-state index in [9.17, 15) is 0 Å². The molecule has 0 saturated carbocycles. The van der Waals surface area contributed by atoms with E-state index in [-0.39, 0.29) is 0 Å². The Morgan fingerprint density at radius 2 is 1.94 bits per heavy atom. The number of hydrogen-bond acceptors (Lipinski definition) is 4. The van der Waals surface area contributed by atoms with Gasteiger partial charge in [-0.15, -0.1) is 0 Å². The molecule has 4 heteroatoms. The maximum atomic E-state index is 5.64. The molecule has 0 saturated heterocycles. The Hall–Kier alpha value is -1.94. The highest BCUT2D eigenvalue weighted by atomic mass is 16.5. The van der Waals surface area contributed by atoms with Crippen molar-refractivity contribution in [3.63, 3.8) is 0 Å². The first-order valence-corrected chi connectivity index (χ1v) is 5.88. The van der Waals surface area contributed by atoms with E-state index >= 15 is 0 Å². The molecule has 1 aromatic carbocycles. The highest BCUT2D eigenvalue weighted by Gasteiger charge is 2.08. The number of aromatic nitrogens is 2. The maximum Gasteiger partial charge on any atom is 0.220 e. The standard InChI is InChI=1S/C14H17N3O/c1-10-3-5-11(6-4-10)12-9-16-14(15)17-13(12)7-8-18-2/h3-6,9H,7-8H2,1-2H3,(H2,15,16,17). The predicted molar refractivity (Wildman–Crippen MR) is 72.2 cm³/mol. The van der Waals surface area contributed by atoms with E-state index in [1.807, 2.05) is 0 Å². The second-order valence-electron chi connectivity index (χ2n) is 4.20. The van der Waals surface area contributed by atoms with E-state index in [0.717, 1.165) is 23.2 Å². The minimum atomic E-state index is 0.303. The summed E-state index contributed by atoms with van der Waals surface area (Å²) in [6, 6.07) is 8.29. The zero-order valence-corrected chi connectivity index (χ0v) is 10.7. The van der Waals surface area contributed by atoms with Gasteiger partial charge >= 0.3 is 0 Å². The molecule has 0 aliphatic rings. The molecule has 0 radical (unpaired) electrons. The summed E-state index contributed by atoms with van der Waals surface area (Å²) in [5.74, 6) is 0.303. The van der Waals surface area contributed by atoms with Gasteiger partial charge in [0.1, 0.15) is 0 Å². The Bertz CT molecular complexity index is 523. The smallest absolute Gasteiger partial charge is 0.220 e. The van der Waals surface area contributed by atoms with Gasteiger partial charge in [0.15, 0.2) is 0 Å². The molecule has 0 bridgehead atoms. The van der Waals surface area contributed by atoms with Crippen LogP contribution in [0.2, 0.25) is 0 Å². The summed E-state index contributed by atoms with van der Waals surface area (Å²) >= 11 is 0. The van der Waals surface area contributed by atoms with Crippen LogP contribution in [0.1, 0.15) is 11.3 Å². The fourth-order valence-electron chi connectivity index (χ4n) is 1.80. The number of rotatable bonds is 4. The maximum absolute atomic E-state index is 5.64. The monoisotopic (exact) mass is 243 g/mol. The average Bonchev–Trinajstić information content (AvgIpc) is 2.38. The van der Waals surface area contributed by atoms with Crippen LogP contribution in [0.3, 0.4) is 0 Å². The summed E-state index contributed by atoms with van der Waals surface area (Å²) < 4.78 is 5.09. The van der Waals surface area contributed by atoms with Gasteiger partial charge in [-0.2, -0.15) is 0 Å². The first kappa shape index (κ1) is 12.5. The van der Waals surface area contributed by atoms with Crippen molar-refractivity contribution in [2.24, 2.45) is 0 Å². The quantitative estimate of drug-likeness (QED) is 0.894. The number of nitrogens with zero attached hydrogens (tertiary/aromatic N) is 2. The number of methoxy groups -OCH3 is 1. The van der Waals surface area contributed by atoms with Crippen LogP contribution in [-0.2, 0) is 11.2 Å². The van der Waals surface area contributed by atoms with Gasteiger partial charge in [0, 0.05) is 25.3 Å². The molecule has 2 aromatic rings. The molecule has 0 fully saturated rings. The van der Waals surface area contributed by atoms with Crippen molar-refractivity contribution >= 4 is 5.95 Å². The van der Waals surface area contributed by atoms with Crippen LogP contribution in [0.5, 0.6) is 0 Å². The molecule has 0 atom stereocenters. The highest BCUT2D eigenvalue weighted by molar-refractivity contribution is 5.65. The van der Waals surface area contributed by atoms with Crippen molar-refractivity contribution in [1.29, 1.82) is 0 Å². The predicted octanol–water partition coefficient (Wildman–Crippen LogP) is 2.22. The molecule has 0 aliphatic heterocycles. The normalized spacial score (nSPS) is 10.6. The van der Waals surface area contributed by atoms with Crippen molar-refractivity contribution in [3.05, 3.63) is 41.7 Å².